The maximum Gasteiger partial charge on any atom is 0.223 e. The van der Waals surface area contributed by atoms with Gasteiger partial charge in [-0.15, -0.1) is 11.3 Å². The maximum atomic E-state index is 6.20. The minimum atomic E-state index is 0.278. The van der Waals surface area contributed by atoms with E-state index in [2.05, 4.69) is 52.4 Å². The van der Waals surface area contributed by atoms with Crippen LogP contribution in [0.3, 0.4) is 0 Å². The molecule has 0 spiro atoms. The van der Waals surface area contributed by atoms with E-state index in [1.807, 2.05) is 24.3 Å². The summed E-state index contributed by atoms with van der Waals surface area (Å²) in [6.45, 7) is 0. The van der Waals surface area contributed by atoms with E-state index in [0.29, 0.717) is 0 Å². The first-order chi connectivity index (χ1) is 11.8. The van der Waals surface area contributed by atoms with Crippen molar-refractivity contribution in [1.29, 1.82) is 0 Å². The first-order valence-electron chi connectivity index (χ1n) is 7.64. The molecule has 4 heteroatoms. The fourth-order valence-corrected chi connectivity index (χ4v) is 4.51. The lowest BCUT2D eigenvalue weighted by Crippen LogP contribution is -1.91. The molecule has 24 heavy (non-hydrogen) atoms. The van der Waals surface area contributed by atoms with Crippen LogP contribution in [-0.2, 0) is 0 Å². The van der Waals surface area contributed by atoms with Gasteiger partial charge in [-0.3, -0.25) is 0 Å². The molecule has 0 aliphatic rings. The molecule has 0 N–H and O–H groups in total. The Morgan fingerprint density at radius 2 is 1.50 bits per heavy atom. The van der Waals surface area contributed by atoms with Crippen molar-refractivity contribution in [2.45, 2.75) is 0 Å². The molecule has 0 fully saturated rings. The third kappa shape index (κ3) is 2.02. The molecule has 5 rings (SSSR count). The number of hydrogen-bond donors (Lipinski definition) is 0. The molecule has 0 radical (unpaired) electrons. The lowest BCUT2D eigenvalue weighted by atomic mass is 10.0. The van der Waals surface area contributed by atoms with E-state index in [1.165, 1.54) is 20.2 Å². The quantitative estimate of drug-likeness (QED) is 0.332. The zero-order valence-corrected chi connectivity index (χ0v) is 14.1. The van der Waals surface area contributed by atoms with Gasteiger partial charge in [-0.25, -0.2) is 9.97 Å². The summed E-state index contributed by atoms with van der Waals surface area (Å²) in [5, 5.41) is 3.80. The number of halogens is 1. The highest BCUT2D eigenvalue weighted by Crippen LogP contribution is 2.41. The number of hydrogen-bond acceptors (Lipinski definition) is 3. The van der Waals surface area contributed by atoms with Crippen LogP contribution in [0.5, 0.6) is 0 Å². The van der Waals surface area contributed by atoms with Gasteiger partial charge in [-0.05, 0) is 29.8 Å². The molecule has 0 bridgehead atoms. The molecule has 0 atom stereocenters. The summed E-state index contributed by atoms with van der Waals surface area (Å²) in [6, 6.07) is 22.8. The van der Waals surface area contributed by atoms with E-state index in [-0.39, 0.29) is 5.28 Å². The zero-order valence-electron chi connectivity index (χ0n) is 12.5. The third-order valence-electron chi connectivity index (χ3n) is 4.22. The smallest absolute Gasteiger partial charge is 0.218 e. The number of rotatable bonds is 1. The standard InChI is InChI=1S/C20H11ClN2S/c21-20-22-14-10-11-16-17(13-8-4-5-9-15(13)24-16)18(14)19(23-20)12-6-2-1-3-7-12/h1-11H. The Hall–Kier alpha value is -2.49. The number of fused-ring (bicyclic) bond motifs is 5. The molecule has 0 amide bonds. The van der Waals surface area contributed by atoms with Crippen LogP contribution in [0.4, 0.5) is 0 Å². The lowest BCUT2D eigenvalue weighted by Gasteiger charge is -2.08. The second kappa shape index (κ2) is 5.26. The number of benzene rings is 3. The second-order valence-corrected chi connectivity index (χ2v) is 7.06. The van der Waals surface area contributed by atoms with E-state index in [4.69, 9.17) is 11.6 Å². The number of aromatic nitrogens is 2. The van der Waals surface area contributed by atoms with Crippen molar-refractivity contribution < 1.29 is 0 Å². The van der Waals surface area contributed by atoms with Crippen molar-refractivity contribution in [1.82, 2.24) is 9.97 Å². The van der Waals surface area contributed by atoms with Crippen molar-refractivity contribution in [3.05, 3.63) is 72.0 Å². The number of thiophene rings is 1. The first kappa shape index (κ1) is 13.9. The fourth-order valence-electron chi connectivity index (χ4n) is 3.22. The van der Waals surface area contributed by atoms with Crippen molar-refractivity contribution >= 4 is 54.0 Å². The predicted molar refractivity (Wildman–Crippen MR) is 103 cm³/mol. The summed E-state index contributed by atoms with van der Waals surface area (Å²) in [4.78, 5) is 9.02. The van der Waals surface area contributed by atoms with Gasteiger partial charge in [0.05, 0.1) is 11.2 Å². The van der Waals surface area contributed by atoms with Crippen LogP contribution < -0.4 is 0 Å². The van der Waals surface area contributed by atoms with Gasteiger partial charge in [-0.1, -0.05) is 48.5 Å². The Kier molecular flexibility index (Phi) is 3.05. The van der Waals surface area contributed by atoms with Gasteiger partial charge in [0.2, 0.25) is 5.28 Å². The van der Waals surface area contributed by atoms with Gasteiger partial charge in [0, 0.05) is 31.1 Å². The van der Waals surface area contributed by atoms with Gasteiger partial charge in [0.1, 0.15) is 0 Å². The largest absolute Gasteiger partial charge is 0.223 e. The zero-order chi connectivity index (χ0) is 16.1. The monoisotopic (exact) mass is 346 g/mol. The molecule has 114 valence electrons. The van der Waals surface area contributed by atoms with Crippen LogP contribution in [0.25, 0.3) is 42.3 Å². The van der Waals surface area contributed by atoms with Gasteiger partial charge >= 0.3 is 0 Å². The molecule has 0 unspecified atom stereocenters. The highest BCUT2D eigenvalue weighted by molar-refractivity contribution is 7.26. The second-order valence-electron chi connectivity index (χ2n) is 5.64. The highest BCUT2D eigenvalue weighted by Gasteiger charge is 2.15. The van der Waals surface area contributed by atoms with Crippen molar-refractivity contribution in [2.75, 3.05) is 0 Å². The van der Waals surface area contributed by atoms with E-state index in [9.17, 15) is 0 Å². The van der Waals surface area contributed by atoms with E-state index in [1.54, 1.807) is 11.3 Å². The maximum absolute atomic E-state index is 6.20. The van der Waals surface area contributed by atoms with Crippen molar-refractivity contribution in [3.8, 4) is 11.3 Å². The van der Waals surface area contributed by atoms with Crippen LogP contribution >= 0.6 is 22.9 Å². The average Bonchev–Trinajstić information content (AvgIpc) is 3.00. The van der Waals surface area contributed by atoms with E-state index >= 15 is 0 Å². The SMILES string of the molecule is Clc1nc(-c2ccccc2)c2c(ccc3sc4ccccc4c32)n1. The molecule has 0 aliphatic heterocycles. The van der Waals surface area contributed by atoms with Crippen molar-refractivity contribution in [3.63, 3.8) is 0 Å². The lowest BCUT2D eigenvalue weighted by molar-refractivity contribution is 1.23. The molecular formula is C20H11ClN2S. The average molecular weight is 347 g/mol. The van der Waals surface area contributed by atoms with Crippen LogP contribution in [-0.4, -0.2) is 9.97 Å². The summed E-state index contributed by atoms with van der Waals surface area (Å²) >= 11 is 7.99. The molecule has 2 heterocycles. The van der Waals surface area contributed by atoms with Crippen LogP contribution in [0, 0.1) is 0 Å². The van der Waals surface area contributed by atoms with Gasteiger partial charge in [0.15, 0.2) is 0 Å². The summed E-state index contributed by atoms with van der Waals surface area (Å²) in [7, 11) is 0. The third-order valence-corrected chi connectivity index (χ3v) is 5.53. The molecule has 5 aromatic rings. The molecule has 2 nitrogen and oxygen atoms in total. The first-order valence-corrected chi connectivity index (χ1v) is 8.83. The van der Waals surface area contributed by atoms with E-state index < -0.39 is 0 Å². The topological polar surface area (TPSA) is 25.8 Å². The Morgan fingerprint density at radius 3 is 2.38 bits per heavy atom. The van der Waals surface area contributed by atoms with Gasteiger partial charge in [-0.2, -0.15) is 0 Å². The van der Waals surface area contributed by atoms with Crippen LogP contribution in [0.1, 0.15) is 0 Å². The highest BCUT2D eigenvalue weighted by atomic mass is 35.5. The van der Waals surface area contributed by atoms with Crippen LogP contribution in [0.15, 0.2) is 66.7 Å². The van der Waals surface area contributed by atoms with Gasteiger partial charge < -0.3 is 0 Å². The Morgan fingerprint density at radius 1 is 0.708 bits per heavy atom. The van der Waals surface area contributed by atoms with Crippen molar-refractivity contribution in [2.24, 2.45) is 0 Å². The Labute approximate surface area is 147 Å². The van der Waals surface area contributed by atoms with Crippen LogP contribution in [0.2, 0.25) is 5.28 Å². The number of nitrogens with zero attached hydrogens (tertiary/aromatic N) is 2. The Balaban J connectivity index is 2.05. The minimum Gasteiger partial charge on any atom is -0.218 e. The molecule has 2 aromatic heterocycles. The normalized spacial score (nSPS) is 11.5. The summed E-state index contributed by atoms with van der Waals surface area (Å²) in [6.07, 6.45) is 0. The summed E-state index contributed by atoms with van der Waals surface area (Å²) in [5.74, 6) is 0. The summed E-state index contributed by atoms with van der Waals surface area (Å²) in [5.41, 5.74) is 2.82. The molecular weight excluding hydrogens is 336 g/mol. The molecule has 0 aliphatic carbocycles. The fraction of sp³-hybridized carbons (Fsp3) is 0. The Bertz CT molecular complexity index is 1210. The molecule has 0 saturated heterocycles. The predicted octanol–water partition coefficient (Wildman–Crippen LogP) is 6.32. The molecule has 0 saturated carbocycles. The molecule has 3 aromatic carbocycles. The van der Waals surface area contributed by atoms with E-state index in [0.717, 1.165) is 22.2 Å². The minimum absolute atomic E-state index is 0.278. The van der Waals surface area contributed by atoms with Gasteiger partial charge in [0.25, 0.3) is 0 Å². The summed E-state index contributed by atoms with van der Waals surface area (Å²) < 4.78 is 2.51.